The molecule has 0 saturated carbocycles. The summed E-state index contributed by atoms with van der Waals surface area (Å²) in [4.78, 5) is 11.0. The number of carboxylic acids is 1. The van der Waals surface area contributed by atoms with Crippen molar-refractivity contribution in [3.8, 4) is 0 Å². The molecule has 0 aliphatic heterocycles. The second-order valence-electron chi connectivity index (χ2n) is 3.21. The molecule has 0 spiro atoms. The minimum absolute atomic E-state index is 0.269. The van der Waals surface area contributed by atoms with E-state index in [1.165, 1.54) is 0 Å². The molecule has 0 amide bonds. The summed E-state index contributed by atoms with van der Waals surface area (Å²) in [6.07, 6.45) is 2.54. The molecular weight excluding hydrogens is 171 g/mol. The Labute approximate surface area is 76.9 Å². The van der Waals surface area contributed by atoms with Gasteiger partial charge < -0.3 is 5.11 Å². The molecule has 0 aromatic heterocycles. The summed E-state index contributed by atoms with van der Waals surface area (Å²) < 4.78 is 0. The smallest absolute Gasteiger partial charge is 0.313 e. The lowest BCUT2D eigenvalue weighted by atomic mass is 9.85. The summed E-state index contributed by atoms with van der Waals surface area (Å²) in [7, 11) is 2.51. The van der Waals surface area contributed by atoms with E-state index in [2.05, 4.69) is 9.24 Å². The van der Waals surface area contributed by atoms with Crippen LogP contribution in [0.1, 0.15) is 40.0 Å². The van der Waals surface area contributed by atoms with Crippen LogP contribution in [0.3, 0.4) is 0 Å². The van der Waals surface area contributed by atoms with Crippen LogP contribution in [0.15, 0.2) is 0 Å². The van der Waals surface area contributed by atoms with Gasteiger partial charge in [-0.25, -0.2) is 0 Å². The maximum Gasteiger partial charge on any atom is 0.313 e. The van der Waals surface area contributed by atoms with E-state index >= 15 is 0 Å². The first kappa shape index (κ1) is 11.9. The minimum atomic E-state index is -0.691. The maximum atomic E-state index is 11.0. The monoisotopic (exact) mass is 190 g/mol. The first-order chi connectivity index (χ1) is 5.52. The fraction of sp³-hybridized carbons (Fsp3) is 0.889. The Bertz CT molecular complexity index is 155. The largest absolute Gasteiger partial charge is 0.481 e. The first-order valence-electron chi connectivity index (χ1n) is 4.55. The van der Waals surface area contributed by atoms with E-state index in [9.17, 15) is 4.79 Å². The van der Waals surface area contributed by atoms with E-state index in [0.29, 0.717) is 6.42 Å². The third-order valence-corrected chi connectivity index (χ3v) is 3.82. The predicted molar refractivity (Wildman–Crippen MR) is 54.4 cm³/mol. The summed E-state index contributed by atoms with van der Waals surface area (Å²) in [5.74, 6) is -0.422. The van der Waals surface area contributed by atoms with Gasteiger partial charge in [0.05, 0.1) is 5.16 Å². The number of carboxylic acid groups (broad SMARTS) is 1. The van der Waals surface area contributed by atoms with E-state index in [-0.39, 0.29) is 5.92 Å². The summed E-state index contributed by atoms with van der Waals surface area (Å²) in [6.45, 7) is 6.02. The summed E-state index contributed by atoms with van der Waals surface area (Å²) in [5, 5.41) is 8.44. The van der Waals surface area contributed by atoms with Crippen LogP contribution in [-0.2, 0) is 4.79 Å². The van der Waals surface area contributed by atoms with Gasteiger partial charge in [-0.15, -0.1) is 9.24 Å². The predicted octanol–water partition coefficient (Wildman–Crippen LogP) is 2.53. The molecule has 0 aliphatic rings. The maximum absolute atomic E-state index is 11.0. The van der Waals surface area contributed by atoms with Crippen molar-refractivity contribution < 1.29 is 9.90 Å². The Morgan fingerprint density at radius 1 is 1.42 bits per heavy atom. The number of hydrogen-bond donors (Lipinski definition) is 1. The van der Waals surface area contributed by atoms with Gasteiger partial charge in [0.2, 0.25) is 0 Å². The van der Waals surface area contributed by atoms with Crippen molar-refractivity contribution in [3.63, 3.8) is 0 Å². The Balaban J connectivity index is 4.58. The number of carbonyl (C=O) groups is 1. The van der Waals surface area contributed by atoms with Crippen molar-refractivity contribution in [2.24, 2.45) is 5.92 Å². The average molecular weight is 190 g/mol. The Hall–Kier alpha value is -0.100. The van der Waals surface area contributed by atoms with E-state index in [4.69, 9.17) is 5.11 Å². The van der Waals surface area contributed by atoms with Crippen LogP contribution in [0.2, 0.25) is 0 Å². The zero-order valence-electron chi connectivity index (χ0n) is 8.13. The molecule has 2 atom stereocenters. The lowest BCUT2D eigenvalue weighted by Crippen LogP contribution is -2.38. The van der Waals surface area contributed by atoms with Crippen LogP contribution in [0.4, 0.5) is 0 Å². The van der Waals surface area contributed by atoms with E-state index in [1.54, 1.807) is 0 Å². The normalized spacial score (nSPS) is 16.1. The molecule has 2 unspecified atom stereocenters. The molecule has 72 valence electrons. The number of aliphatic carboxylic acids is 1. The highest BCUT2D eigenvalue weighted by molar-refractivity contribution is 7.21. The SMILES string of the molecule is CCC(CC)C(P)(CC)C(=O)O. The van der Waals surface area contributed by atoms with E-state index in [1.807, 2.05) is 20.8 Å². The summed E-state index contributed by atoms with van der Waals surface area (Å²) in [6, 6.07) is 0. The van der Waals surface area contributed by atoms with Gasteiger partial charge in [-0.1, -0.05) is 33.6 Å². The van der Waals surface area contributed by atoms with Crippen LogP contribution in [0, 0.1) is 5.92 Å². The molecule has 0 heterocycles. The molecule has 0 bridgehead atoms. The van der Waals surface area contributed by atoms with Crippen molar-refractivity contribution in [1.29, 1.82) is 0 Å². The first-order valence-corrected chi connectivity index (χ1v) is 5.12. The fourth-order valence-corrected chi connectivity index (χ4v) is 2.10. The van der Waals surface area contributed by atoms with Gasteiger partial charge in [0.25, 0.3) is 0 Å². The topological polar surface area (TPSA) is 37.3 Å². The lowest BCUT2D eigenvalue weighted by molar-refractivity contribution is -0.141. The van der Waals surface area contributed by atoms with Crippen molar-refractivity contribution >= 4 is 15.2 Å². The molecule has 3 heteroatoms. The molecule has 0 aliphatic carbocycles. The molecule has 2 nitrogen and oxygen atoms in total. The molecule has 0 saturated heterocycles. The molecule has 0 fully saturated rings. The molecule has 0 aromatic rings. The van der Waals surface area contributed by atoms with Gasteiger partial charge in [0, 0.05) is 0 Å². The second-order valence-corrected chi connectivity index (χ2v) is 4.24. The highest BCUT2D eigenvalue weighted by atomic mass is 31.0. The van der Waals surface area contributed by atoms with Crippen LogP contribution in [0.25, 0.3) is 0 Å². The van der Waals surface area contributed by atoms with Crippen molar-refractivity contribution in [2.45, 2.75) is 45.2 Å². The number of hydrogen-bond acceptors (Lipinski definition) is 1. The standard InChI is InChI=1S/C9H19O2P/c1-4-7(5-2)9(12,6-3)8(10)11/h7H,4-6,12H2,1-3H3,(H,10,11). The molecule has 0 aromatic carbocycles. The van der Waals surface area contributed by atoms with Gasteiger partial charge in [-0.3, -0.25) is 4.79 Å². The molecule has 0 radical (unpaired) electrons. The fourth-order valence-electron chi connectivity index (χ4n) is 1.63. The molecule has 1 N–H and O–H groups in total. The molecule has 12 heavy (non-hydrogen) atoms. The third kappa shape index (κ3) is 2.20. The van der Waals surface area contributed by atoms with Crippen molar-refractivity contribution in [1.82, 2.24) is 0 Å². The van der Waals surface area contributed by atoms with Gasteiger partial charge in [0.15, 0.2) is 0 Å². The van der Waals surface area contributed by atoms with Gasteiger partial charge in [-0.05, 0) is 12.3 Å². The van der Waals surface area contributed by atoms with Crippen LogP contribution >= 0.6 is 9.24 Å². The molecular formula is C9H19O2P. The van der Waals surface area contributed by atoms with Crippen LogP contribution in [0.5, 0.6) is 0 Å². The quantitative estimate of drug-likeness (QED) is 0.676. The highest BCUT2D eigenvalue weighted by Crippen LogP contribution is 2.36. The van der Waals surface area contributed by atoms with Gasteiger partial charge >= 0.3 is 5.97 Å². The Morgan fingerprint density at radius 3 is 1.92 bits per heavy atom. The third-order valence-electron chi connectivity index (χ3n) is 2.70. The zero-order chi connectivity index (χ0) is 9.78. The molecule has 0 rings (SSSR count). The lowest BCUT2D eigenvalue weighted by Gasteiger charge is -2.31. The summed E-state index contributed by atoms with van der Waals surface area (Å²) in [5.41, 5.74) is 0. The zero-order valence-corrected chi connectivity index (χ0v) is 9.29. The summed E-state index contributed by atoms with van der Waals surface area (Å²) >= 11 is 0. The Kier molecular flexibility index (Phi) is 4.77. The van der Waals surface area contributed by atoms with Gasteiger partial charge in [-0.2, -0.15) is 0 Å². The van der Waals surface area contributed by atoms with Crippen molar-refractivity contribution in [2.75, 3.05) is 0 Å². The second kappa shape index (κ2) is 4.81. The number of rotatable bonds is 5. The van der Waals surface area contributed by atoms with E-state index in [0.717, 1.165) is 12.8 Å². The highest BCUT2D eigenvalue weighted by Gasteiger charge is 2.37. The van der Waals surface area contributed by atoms with Crippen LogP contribution < -0.4 is 0 Å². The Morgan fingerprint density at radius 2 is 1.83 bits per heavy atom. The average Bonchev–Trinajstić information content (AvgIpc) is 2.05. The minimum Gasteiger partial charge on any atom is -0.481 e. The van der Waals surface area contributed by atoms with E-state index < -0.39 is 11.1 Å². The van der Waals surface area contributed by atoms with Crippen LogP contribution in [-0.4, -0.2) is 16.2 Å². The van der Waals surface area contributed by atoms with Crippen molar-refractivity contribution in [3.05, 3.63) is 0 Å². The van der Waals surface area contributed by atoms with Gasteiger partial charge in [0.1, 0.15) is 0 Å².